The number of aryl methyl sites for hydroxylation is 1. The molecule has 0 saturated heterocycles. The number of halogens is 2. The Kier molecular flexibility index (Phi) is 6.14. The van der Waals surface area contributed by atoms with Crippen molar-refractivity contribution < 1.29 is 18.7 Å². The molecule has 0 spiro atoms. The third kappa shape index (κ3) is 4.92. The molecule has 0 aliphatic heterocycles. The van der Waals surface area contributed by atoms with E-state index in [2.05, 4.69) is 10.6 Å². The predicted molar refractivity (Wildman–Crippen MR) is 111 cm³/mol. The molecule has 3 rings (SSSR count). The number of hydrogen-bond donors (Lipinski definition) is 2. The first-order valence-corrected chi connectivity index (χ1v) is 9.07. The van der Waals surface area contributed by atoms with E-state index >= 15 is 0 Å². The molecule has 0 aliphatic rings. The second-order valence-corrected chi connectivity index (χ2v) is 6.75. The minimum absolute atomic E-state index is 0.216. The Morgan fingerprint density at radius 3 is 2.28 bits per heavy atom. The molecule has 0 unspecified atom stereocenters. The van der Waals surface area contributed by atoms with Crippen LogP contribution >= 0.6 is 11.6 Å². The van der Waals surface area contributed by atoms with Gasteiger partial charge in [-0.25, -0.2) is 4.39 Å². The summed E-state index contributed by atoms with van der Waals surface area (Å²) in [4.78, 5) is 25.4. The zero-order chi connectivity index (χ0) is 21.0. The number of benzene rings is 3. The molecule has 0 aliphatic carbocycles. The Balaban J connectivity index is 1.88. The number of ether oxygens (including phenoxy) is 1. The molecule has 2 N–H and O–H groups in total. The van der Waals surface area contributed by atoms with Crippen molar-refractivity contribution in [2.75, 3.05) is 17.7 Å². The maximum absolute atomic E-state index is 13.1. The minimum atomic E-state index is -0.491. The van der Waals surface area contributed by atoms with Gasteiger partial charge >= 0.3 is 0 Å². The fraction of sp³-hybridized carbons (Fsp3) is 0.0909. The highest BCUT2D eigenvalue weighted by molar-refractivity contribution is 6.31. The number of hydrogen-bond acceptors (Lipinski definition) is 3. The van der Waals surface area contributed by atoms with Crippen LogP contribution in [0.5, 0.6) is 5.75 Å². The second-order valence-electron chi connectivity index (χ2n) is 6.31. The van der Waals surface area contributed by atoms with Crippen LogP contribution in [-0.4, -0.2) is 18.9 Å². The normalized spacial score (nSPS) is 10.3. The lowest BCUT2D eigenvalue weighted by molar-refractivity contribution is 0.102. The van der Waals surface area contributed by atoms with E-state index in [1.807, 2.05) is 13.0 Å². The third-order valence-corrected chi connectivity index (χ3v) is 4.42. The molecule has 29 heavy (non-hydrogen) atoms. The SMILES string of the molecule is COc1ccc(C)cc1NC(=O)c1ccc(Cl)cc1NC(=O)c1ccc(F)cc1. The molecule has 2 amide bonds. The van der Waals surface area contributed by atoms with Crippen molar-refractivity contribution in [3.63, 3.8) is 0 Å². The first kappa shape index (κ1) is 20.4. The van der Waals surface area contributed by atoms with Gasteiger partial charge in [0.05, 0.1) is 24.0 Å². The van der Waals surface area contributed by atoms with E-state index in [1.165, 1.54) is 43.5 Å². The number of carbonyl (C=O) groups is 2. The second kappa shape index (κ2) is 8.75. The van der Waals surface area contributed by atoms with Crippen LogP contribution in [0.1, 0.15) is 26.3 Å². The summed E-state index contributed by atoms with van der Waals surface area (Å²) in [5.74, 6) is -0.874. The molecule has 3 aromatic rings. The summed E-state index contributed by atoms with van der Waals surface area (Å²) in [5, 5.41) is 5.80. The van der Waals surface area contributed by atoms with Crippen LogP contribution in [0.4, 0.5) is 15.8 Å². The summed E-state index contributed by atoms with van der Waals surface area (Å²) in [6.07, 6.45) is 0. The van der Waals surface area contributed by atoms with Crippen LogP contribution in [-0.2, 0) is 0 Å². The summed E-state index contributed by atoms with van der Waals surface area (Å²) in [6.45, 7) is 1.89. The minimum Gasteiger partial charge on any atom is -0.495 e. The molecular weight excluding hydrogens is 395 g/mol. The van der Waals surface area contributed by atoms with Gasteiger partial charge in [0.15, 0.2) is 0 Å². The number of amides is 2. The van der Waals surface area contributed by atoms with Crippen LogP contribution in [0.25, 0.3) is 0 Å². The average Bonchev–Trinajstić information content (AvgIpc) is 2.68. The Hall–Kier alpha value is -3.38. The molecule has 0 bridgehead atoms. The molecule has 0 saturated carbocycles. The molecule has 3 aromatic carbocycles. The molecule has 148 valence electrons. The molecule has 5 nitrogen and oxygen atoms in total. The number of nitrogens with one attached hydrogen (secondary N) is 2. The maximum atomic E-state index is 13.1. The van der Waals surface area contributed by atoms with E-state index in [0.717, 1.165) is 5.56 Å². The van der Waals surface area contributed by atoms with Gasteiger partial charge in [-0.2, -0.15) is 0 Å². The summed E-state index contributed by atoms with van der Waals surface area (Å²) < 4.78 is 18.4. The molecule has 7 heteroatoms. The highest BCUT2D eigenvalue weighted by Gasteiger charge is 2.17. The summed E-state index contributed by atoms with van der Waals surface area (Å²) >= 11 is 6.05. The van der Waals surface area contributed by atoms with Crippen molar-refractivity contribution in [3.8, 4) is 5.75 Å². The highest BCUT2D eigenvalue weighted by atomic mass is 35.5. The Labute approximate surface area is 172 Å². The van der Waals surface area contributed by atoms with Crippen LogP contribution < -0.4 is 15.4 Å². The smallest absolute Gasteiger partial charge is 0.257 e. The number of anilines is 2. The van der Waals surface area contributed by atoms with Crippen LogP contribution in [0.15, 0.2) is 60.7 Å². The molecule has 0 aromatic heterocycles. The van der Waals surface area contributed by atoms with Gasteiger partial charge in [0.2, 0.25) is 0 Å². The average molecular weight is 413 g/mol. The van der Waals surface area contributed by atoms with Gasteiger partial charge in [-0.1, -0.05) is 17.7 Å². The molecule has 0 atom stereocenters. The fourth-order valence-electron chi connectivity index (χ4n) is 2.72. The van der Waals surface area contributed by atoms with Gasteiger partial charge in [0, 0.05) is 10.6 Å². The predicted octanol–water partition coefficient (Wildman–Crippen LogP) is 5.30. The van der Waals surface area contributed by atoms with Crippen molar-refractivity contribution in [3.05, 3.63) is 88.2 Å². The van der Waals surface area contributed by atoms with Gasteiger partial charge in [-0.3, -0.25) is 9.59 Å². The van der Waals surface area contributed by atoms with Crippen LogP contribution in [0, 0.1) is 12.7 Å². The van der Waals surface area contributed by atoms with Crippen molar-refractivity contribution in [1.82, 2.24) is 0 Å². The number of methoxy groups -OCH3 is 1. The lowest BCUT2D eigenvalue weighted by atomic mass is 10.1. The standard InChI is InChI=1S/C22H18ClFN2O3/c1-13-3-10-20(29-2)19(11-13)26-22(28)17-9-6-15(23)12-18(17)25-21(27)14-4-7-16(24)8-5-14/h3-12H,1-2H3,(H,25,27)(H,26,28). The van der Waals surface area contributed by atoms with Crippen molar-refractivity contribution in [2.24, 2.45) is 0 Å². The Morgan fingerprint density at radius 1 is 0.897 bits per heavy atom. The van der Waals surface area contributed by atoms with E-state index in [9.17, 15) is 14.0 Å². The van der Waals surface area contributed by atoms with E-state index in [1.54, 1.807) is 18.2 Å². The van der Waals surface area contributed by atoms with Crippen molar-refractivity contribution >= 4 is 34.8 Å². The summed E-state index contributed by atoms with van der Waals surface area (Å²) in [7, 11) is 1.51. The van der Waals surface area contributed by atoms with Crippen LogP contribution in [0.3, 0.4) is 0 Å². The third-order valence-electron chi connectivity index (χ3n) is 4.18. The summed E-state index contributed by atoms with van der Waals surface area (Å²) in [5.41, 5.74) is 2.15. The Bertz CT molecular complexity index is 1070. The lowest BCUT2D eigenvalue weighted by Crippen LogP contribution is -2.18. The first-order valence-electron chi connectivity index (χ1n) is 8.70. The number of rotatable bonds is 5. The number of carbonyl (C=O) groups excluding carboxylic acids is 2. The van der Waals surface area contributed by atoms with E-state index in [-0.39, 0.29) is 16.8 Å². The van der Waals surface area contributed by atoms with Crippen molar-refractivity contribution in [2.45, 2.75) is 6.92 Å². The molecule has 0 heterocycles. The lowest BCUT2D eigenvalue weighted by Gasteiger charge is -2.14. The highest BCUT2D eigenvalue weighted by Crippen LogP contribution is 2.28. The molecular formula is C22H18ClFN2O3. The van der Waals surface area contributed by atoms with Crippen LogP contribution in [0.2, 0.25) is 5.02 Å². The summed E-state index contributed by atoms with van der Waals surface area (Å²) in [6, 6.07) is 15.0. The molecule has 0 fully saturated rings. The zero-order valence-electron chi connectivity index (χ0n) is 15.8. The Morgan fingerprint density at radius 2 is 1.59 bits per heavy atom. The monoisotopic (exact) mass is 412 g/mol. The van der Waals surface area contributed by atoms with Gasteiger partial charge in [-0.15, -0.1) is 0 Å². The van der Waals surface area contributed by atoms with Crippen molar-refractivity contribution in [1.29, 1.82) is 0 Å². The van der Waals surface area contributed by atoms with E-state index in [0.29, 0.717) is 16.5 Å². The first-order chi connectivity index (χ1) is 13.9. The largest absolute Gasteiger partial charge is 0.495 e. The zero-order valence-corrected chi connectivity index (χ0v) is 16.5. The van der Waals surface area contributed by atoms with E-state index < -0.39 is 17.6 Å². The van der Waals surface area contributed by atoms with Gasteiger partial charge in [0.25, 0.3) is 11.8 Å². The van der Waals surface area contributed by atoms with Gasteiger partial charge in [-0.05, 0) is 67.1 Å². The van der Waals surface area contributed by atoms with E-state index in [4.69, 9.17) is 16.3 Å². The maximum Gasteiger partial charge on any atom is 0.257 e. The topological polar surface area (TPSA) is 67.4 Å². The quantitative estimate of drug-likeness (QED) is 0.597. The van der Waals surface area contributed by atoms with Gasteiger partial charge < -0.3 is 15.4 Å². The molecule has 0 radical (unpaired) electrons. The van der Waals surface area contributed by atoms with Gasteiger partial charge in [0.1, 0.15) is 11.6 Å². The fourth-order valence-corrected chi connectivity index (χ4v) is 2.89.